The van der Waals surface area contributed by atoms with Crippen LogP contribution in [0.1, 0.15) is 40.9 Å². The molecule has 0 spiro atoms. The van der Waals surface area contributed by atoms with E-state index in [0.717, 1.165) is 38.5 Å². The van der Waals surface area contributed by atoms with Crippen molar-refractivity contribution in [3.05, 3.63) is 156 Å². The Balaban J connectivity index is 1.44. The molecule has 0 saturated heterocycles. The molecule has 1 aliphatic rings. The number of rotatable bonds is 4. The van der Waals surface area contributed by atoms with E-state index < -0.39 is 7.14 Å². The van der Waals surface area contributed by atoms with Gasteiger partial charge in [-0.15, -0.1) is 0 Å². The van der Waals surface area contributed by atoms with E-state index in [9.17, 15) is 4.79 Å². The molecule has 3 nitrogen and oxygen atoms in total. The van der Waals surface area contributed by atoms with Crippen molar-refractivity contribution in [2.75, 3.05) is 0 Å². The zero-order valence-electron chi connectivity index (χ0n) is 22.9. The number of aromatic nitrogens is 1. The van der Waals surface area contributed by atoms with Gasteiger partial charge in [0.2, 0.25) is 0 Å². The van der Waals surface area contributed by atoms with Gasteiger partial charge in [0.1, 0.15) is 0 Å². The fourth-order valence-corrected chi connectivity index (χ4v) is 8.96. The highest BCUT2D eigenvalue weighted by atomic mass is 31.2. The van der Waals surface area contributed by atoms with Crippen LogP contribution in [0.3, 0.4) is 0 Å². The maximum Gasteiger partial charge on any atom is 0.193 e. The number of ketones is 1. The fourth-order valence-electron chi connectivity index (χ4n) is 6.26. The molecule has 1 atom stereocenters. The van der Waals surface area contributed by atoms with E-state index in [1.165, 1.54) is 0 Å². The Labute approximate surface area is 239 Å². The largest absolute Gasteiger partial charge is 0.309 e. The van der Waals surface area contributed by atoms with E-state index in [1.54, 1.807) is 0 Å². The van der Waals surface area contributed by atoms with Gasteiger partial charge in [-0.3, -0.25) is 9.78 Å². The van der Waals surface area contributed by atoms with Crippen LogP contribution in [-0.2, 0) is 9.98 Å². The third-order valence-corrected chi connectivity index (χ3v) is 11.4. The molecule has 1 aliphatic carbocycles. The maximum absolute atomic E-state index is 15.5. The molecule has 0 saturated carbocycles. The smallest absolute Gasteiger partial charge is 0.193 e. The lowest BCUT2D eigenvalue weighted by molar-refractivity contribution is 0.103. The number of hydrogen-bond acceptors (Lipinski definition) is 3. The van der Waals surface area contributed by atoms with Crippen LogP contribution in [-0.4, -0.2) is 10.8 Å². The van der Waals surface area contributed by atoms with Crippen molar-refractivity contribution in [2.45, 2.75) is 19.3 Å². The van der Waals surface area contributed by atoms with E-state index in [4.69, 9.17) is 4.98 Å². The summed E-state index contributed by atoms with van der Waals surface area (Å²) in [4.78, 5) is 18.5. The summed E-state index contributed by atoms with van der Waals surface area (Å²) in [5.41, 5.74) is 4.71. The number of benzene rings is 5. The Hall–Kier alpha value is -4.59. The summed E-state index contributed by atoms with van der Waals surface area (Å²) in [6.45, 7) is 4.29. The molecule has 1 unspecified atom stereocenters. The summed E-state index contributed by atoms with van der Waals surface area (Å²) in [5.74, 6) is -0.0231. The molecule has 0 bridgehead atoms. The van der Waals surface area contributed by atoms with Crippen molar-refractivity contribution in [2.24, 2.45) is 0 Å². The number of hydrogen-bond donors (Lipinski definition) is 0. The topological polar surface area (TPSA) is 47.0 Å². The van der Waals surface area contributed by atoms with Crippen LogP contribution < -0.4 is 15.9 Å². The van der Waals surface area contributed by atoms with Crippen LogP contribution in [0.4, 0.5) is 0 Å². The molecule has 6 aromatic rings. The van der Waals surface area contributed by atoms with E-state index in [1.807, 2.05) is 121 Å². The lowest BCUT2D eigenvalue weighted by atomic mass is 9.68. The van der Waals surface area contributed by atoms with Gasteiger partial charge < -0.3 is 4.57 Å². The highest BCUT2D eigenvalue weighted by Gasteiger charge is 2.38. The molecule has 1 heterocycles. The molecule has 5 aromatic carbocycles. The second kappa shape index (κ2) is 9.51. The van der Waals surface area contributed by atoms with E-state index in [2.05, 4.69) is 26.0 Å². The number of carbonyl (C=O) groups excluding carboxylic acids is 1. The van der Waals surface area contributed by atoms with Gasteiger partial charge in [-0.25, -0.2) is 0 Å². The van der Waals surface area contributed by atoms with Gasteiger partial charge in [0.05, 0.1) is 5.69 Å². The van der Waals surface area contributed by atoms with Gasteiger partial charge in [0, 0.05) is 49.6 Å². The molecule has 198 valence electrons. The third kappa shape index (κ3) is 3.92. The standard InChI is InChI=1S/C37H28NO2P/c1-37(2)33-18-9-8-17-31(33)36(39)32-24-29(19-20-34(32)37)41(40,27-13-4-3-5-14-27)28-15-10-12-26(23-28)35-30-16-7-6-11-25(30)21-22-38-35/h3-24H,1-2H3. The summed E-state index contributed by atoms with van der Waals surface area (Å²) in [6.07, 6.45) is 1.82. The number of nitrogens with zero attached hydrogens (tertiary/aromatic N) is 1. The minimum atomic E-state index is -3.36. The molecule has 0 fully saturated rings. The van der Waals surface area contributed by atoms with E-state index >= 15 is 4.57 Å². The van der Waals surface area contributed by atoms with Gasteiger partial charge in [-0.05, 0) is 34.7 Å². The molecular formula is C37H28NO2P. The Kier molecular flexibility index (Phi) is 5.89. The first-order valence-corrected chi connectivity index (χ1v) is 15.5. The second-order valence-electron chi connectivity index (χ2n) is 11.1. The van der Waals surface area contributed by atoms with Crippen LogP contribution >= 0.6 is 7.14 Å². The zero-order valence-corrected chi connectivity index (χ0v) is 23.8. The first-order chi connectivity index (χ1) is 19.9. The van der Waals surface area contributed by atoms with Gasteiger partial charge in [-0.2, -0.15) is 0 Å². The molecule has 1 aromatic heterocycles. The van der Waals surface area contributed by atoms with Crippen molar-refractivity contribution in [3.63, 3.8) is 0 Å². The van der Waals surface area contributed by atoms with Gasteiger partial charge >= 0.3 is 0 Å². The number of pyridine rings is 1. The summed E-state index contributed by atoms with van der Waals surface area (Å²) in [7, 11) is -3.36. The lowest BCUT2D eigenvalue weighted by Crippen LogP contribution is -2.33. The summed E-state index contributed by atoms with van der Waals surface area (Å²) in [6, 6.07) is 41.3. The molecule has 0 radical (unpaired) electrons. The molecule has 7 rings (SSSR count). The highest BCUT2D eigenvalue weighted by molar-refractivity contribution is 7.85. The van der Waals surface area contributed by atoms with Crippen molar-refractivity contribution < 1.29 is 9.36 Å². The summed E-state index contributed by atoms with van der Waals surface area (Å²) < 4.78 is 15.5. The summed E-state index contributed by atoms with van der Waals surface area (Å²) >= 11 is 0. The average Bonchev–Trinajstić information content (AvgIpc) is 3.03. The minimum Gasteiger partial charge on any atom is -0.309 e. The van der Waals surface area contributed by atoms with Crippen LogP contribution in [0.2, 0.25) is 0 Å². The number of carbonyl (C=O) groups is 1. The van der Waals surface area contributed by atoms with Crippen molar-refractivity contribution in [1.29, 1.82) is 0 Å². The fraction of sp³-hybridized carbons (Fsp3) is 0.0811. The highest BCUT2D eigenvalue weighted by Crippen LogP contribution is 2.46. The lowest BCUT2D eigenvalue weighted by Gasteiger charge is -2.35. The Morgan fingerprint density at radius 2 is 1.29 bits per heavy atom. The predicted octanol–water partition coefficient (Wildman–Crippen LogP) is 7.41. The molecule has 0 N–H and O–H groups in total. The van der Waals surface area contributed by atoms with E-state index in [0.29, 0.717) is 21.7 Å². The molecular weight excluding hydrogens is 521 g/mol. The Morgan fingerprint density at radius 3 is 2.15 bits per heavy atom. The van der Waals surface area contributed by atoms with Gasteiger partial charge in [0.25, 0.3) is 0 Å². The molecule has 41 heavy (non-hydrogen) atoms. The van der Waals surface area contributed by atoms with Crippen LogP contribution in [0, 0.1) is 0 Å². The van der Waals surface area contributed by atoms with Crippen molar-refractivity contribution in [1.82, 2.24) is 4.98 Å². The monoisotopic (exact) mass is 549 g/mol. The van der Waals surface area contributed by atoms with Crippen LogP contribution in [0.25, 0.3) is 22.0 Å². The third-order valence-electron chi connectivity index (χ3n) is 8.41. The average molecular weight is 550 g/mol. The molecule has 0 amide bonds. The van der Waals surface area contributed by atoms with Crippen molar-refractivity contribution >= 4 is 39.6 Å². The molecule has 0 aliphatic heterocycles. The first-order valence-electron chi connectivity index (χ1n) is 13.8. The van der Waals surface area contributed by atoms with E-state index in [-0.39, 0.29) is 11.2 Å². The normalized spacial score (nSPS) is 15.1. The maximum atomic E-state index is 15.5. The zero-order chi connectivity index (χ0) is 28.2. The second-order valence-corrected chi connectivity index (χ2v) is 13.9. The number of fused-ring (bicyclic) bond motifs is 3. The SMILES string of the molecule is CC1(C)c2ccccc2C(=O)c2cc(P(=O)(c3ccccc3)c3cccc(-c4nccc5ccccc45)c3)ccc21. The quantitative estimate of drug-likeness (QED) is 0.215. The Bertz CT molecular complexity index is 2020. The Morgan fingerprint density at radius 1 is 0.610 bits per heavy atom. The van der Waals surface area contributed by atoms with Crippen LogP contribution in [0.5, 0.6) is 0 Å². The van der Waals surface area contributed by atoms with Gasteiger partial charge in [-0.1, -0.05) is 123 Å². The van der Waals surface area contributed by atoms with Crippen molar-refractivity contribution in [3.8, 4) is 11.3 Å². The first kappa shape index (κ1) is 25.4. The summed E-state index contributed by atoms with van der Waals surface area (Å²) in [5, 5.41) is 4.23. The molecule has 4 heteroatoms. The van der Waals surface area contributed by atoms with Crippen LogP contribution in [0.15, 0.2) is 134 Å². The predicted molar refractivity (Wildman–Crippen MR) is 169 cm³/mol. The van der Waals surface area contributed by atoms with Gasteiger partial charge in [0.15, 0.2) is 12.9 Å². The minimum absolute atomic E-state index is 0.0231.